The lowest BCUT2D eigenvalue weighted by molar-refractivity contribution is -0.124. The largest absolute Gasteiger partial charge is 0.359 e. The highest BCUT2D eigenvalue weighted by Gasteiger charge is 2.26. The zero-order chi connectivity index (χ0) is 11.4. The van der Waals surface area contributed by atoms with E-state index in [4.69, 9.17) is 5.73 Å². The number of rotatable bonds is 4. The molecule has 1 aliphatic rings. The third-order valence-electron chi connectivity index (χ3n) is 3.32. The molecule has 0 aromatic carbocycles. The fraction of sp³-hybridized carbons (Fsp3) is 0.909. The maximum atomic E-state index is 11.4. The smallest absolute Gasteiger partial charge is 0.223 e. The Morgan fingerprint density at radius 3 is 2.73 bits per heavy atom. The summed E-state index contributed by atoms with van der Waals surface area (Å²) in [6, 6.07) is 0.917. The van der Waals surface area contributed by atoms with Crippen molar-refractivity contribution in [2.75, 3.05) is 20.6 Å². The van der Waals surface area contributed by atoms with E-state index < -0.39 is 0 Å². The van der Waals surface area contributed by atoms with Crippen molar-refractivity contribution in [2.24, 2.45) is 11.7 Å². The maximum Gasteiger partial charge on any atom is 0.223 e. The van der Waals surface area contributed by atoms with Crippen LogP contribution >= 0.6 is 0 Å². The van der Waals surface area contributed by atoms with Crippen LogP contribution in [0.25, 0.3) is 0 Å². The average Bonchev–Trinajstić information content (AvgIpc) is 2.63. The van der Waals surface area contributed by atoms with Crippen molar-refractivity contribution in [1.82, 2.24) is 10.2 Å². The van der Waals surface area contributed by atoms with Crippen LogP contribution in [-0.4, -0.2) is 43.5 Å². The second kappa shape index (κ2) is 5.47. The topological polar surface area (TPSA) is 58.4 Å². The summed E-state index contributed by atoms with van der Waals surface area (Å²) in [5.74, 6) is 0.168. The van der Waals surface area contributed by atoms with Crippen LogP contribution in [-0.2, 0) is 4.79 Å². The Bertz CT molecular complexity index is 220. The van der Waals surface area contributed by atoms with Gasteiger partial charge in [-0.3, -0.25) is 4.79 Å². The second-order valence-corrected chi connectivity index (χ2v) is 4.68. The molecule has 0 radical (unpaired) electrons. The van der Waals surface area contributed by atoms with E-state index in [9.17, 15) is 4.79 Å². The van der Waals surface area contributed by atoms with Gasteiger partial charge in [0.05, 0.1) is 0 Å². The first-order valence-electron chi connectivity index (χ1n) is 5.72. The third-order valence-corrected chi connectivity index (χ3v) is 3.32. The minimum Gasteiger partial charge on any atom is -0.359 e. The molecule has 3 atom stereocenters. The molecule has 0 aromatic rings. The Hall–Kier alpha value is -0.610. The molecular weight excluding hydrogens is 190 g/mol. The van der Waals surface area contributed by atoms with Crippen LogP contribution in [0, 0.1) is 5.92 Å². The molecule has 1 fully saturated rings. The second-order valence-electron chi connectivity index (χ2n) is 4.68. The molecule has 1 aliphatic carbocycles. The lowest BCUT2D eigenvalue weighted by Gasteiger charge is -2.26. The Morgan fingerprint density at radius 2 is 2.27 bits per heavy atom. The van der Waals surface area contributed by atoms with Gasteiger partial charge in [-0.1, -0.05) is 6.92 Å². The molecule has 0 spiro atoms. The van der Waals surface area contributed by atoms with Crippen molar-refractivity contribution in [3.8, 4) is 0 Å². The standard InChI is InChI=1S/C11H23N3O/c1-8(11(15)13-2)7-14(3)10-5-4-9(12)6-10/h8-10H,4-7,12H2,1-3H3,(H,13,15). The summed E-state index contributed by atoms with van der Waals surface area (Å²) in [4.78, 5) is 13.6. The molecule has 0 saturated heterocycles. The summed E-state index contributed by atoms with van der Waals surface area (Å²) in [5.41, 5.74) is 5.87. The Morgan fingerprint density at radius 1 is 1.60 bits per heavy atom. The molecule has 15 heavy (non-hydrogen) atoms. The molecule has 3 N–H and O–H groups in total. The van der Waals surface area contributed by atoms with Gasteiger partial charge in [-0.05, 0) is 26.3 Å². The SMILES string of the molecule is CNC(=O)C(C)CN(C)C1CCC(N)C1. The number of nitrogens with zero attached hydrogens (tertiary/aromatic N) is 1. The van der Waals surface area contributed by atoms with Crippen molar-refractivity contribution < 1.29 is 4.79 Å². The van der Waals surface area contributed by atoms with Crippen LogP contribution in [0.4, 0.5) is 0 Å². The van der Waals surface area contributed by atoms with E-state index in [-0.39, 0.29) is 11.8 Å². The predicted octanol–water partition coefficient (Wildman–Crippen LogP) is 0.180. The van der Waals surface area contributed by atoms with Crippen molar-refractivity contribution in [3.05, 3.63) is 0 Å². The number of carbonyl (C=O) groups is 1. The van der Waals surface area contributed by atoms with Gasteiger partial charge in [0.1, 0.15) is 0 Å². The highest BCUT2D eigenvalue weighted by atomic mass is 16.1. The first-order chi connectivity index (χ1) is 7.04. The van der Waals surface area contributed by atoms with E-state index in [1.807, 2.05) is 6.92 Å². The Balaban J connectivity index is 2.35. The molecule has 0 aromatic heterocycles. The molecule has 4 heteroatoms. The zero-order valence-corrected chi connectivity index (χ0v) is 9.99. The van der Waals surface area contributed by atoms with Crippen LogP contribution in [0.1, 0.15) is 26.2 Å². The van der Waals surface area contributed by atoms with E-state index in [0.717, 1.165) is 25.8 Å². The monoisotopic (exact) mass is 213 g/mol. The summed E-state index contributed by atoms with van der Waals surface area (Å²) in [6.45, 7) is 2.78. The summed E-state index contributed by atoms with van der Waals surface area (Å²) >= 11 is 0. The number of carbonyl (C=O) groups excluding carboxylic acids is 1. The summed E-state index contributed by atoms with van der Waals surface area (Å²) in [7, 11) is 3.77. The summed E-state index contributed by atoms with van der Waals surface area (Å²) in [5, 5.41) is 2.68. The molecule has 1 saturated carbocycles. The van der Waals surface area contributed by atoms with Crippen LogP contribution < -0.4 is 11.1 Å². The first-order valence-corrected chi connectivity index (χ1v) is 5.72. The van der Waals surface area contributed by atoms with Gasteiger partial charge in [-0.25, -0.2) is 0 Å². The van der Waals surface area contributed by atoms with Gasteiger partial charge >= 0.3 is 0 Å². The van der Waals surface area contributed by atoms with Gasteiger partial charge in [0.25, 0.3) is 0 Å². The fourth-order valence-corrected chi connectivity index (χ4v) is 2.30. The van der Waals surface area contributed by atoms with Gasteiger partial charge in [0.15, 0.2) is 0 Å². The highest BCUT2D eigenvalue weighted by Crippen LogP contribution is 2.22. The Kier molecular flexibility index (Phi) is 4.54. The van der Waals surface area contributed by atoms with Gasteiger partial charge in [-0.15, -0.1) is 0 Å². The normalized spacial score (nSPS) is 28.1. The minimum absolute atomic E-state index is 0.0526. The van der Waals surface area contributed by atoms with Crippen LogP contribution in [0.5, 0.6) is 0 Å². The molecule has 1 rings (SSSR count). The summed E-state index contributed by atoms with van der Waals surface area (Å²) < 4.78 is 0. The minimum atomic E-state index is 0.0526. The lowest BCUT2D eigenvalue weighted by Crippen LogP contribution is -2.39. The molecule has 3 unspecified atom stereocenters. The predicted molar refractivity (Wildman–Crippen MR) is 61.5 cm³/mol. The Labute approximate surface area is 92.2 Å². The van der Waals surface area contributed by atoms with E-state index in [0.29, 0.717) is 12.1 Å². The maximum absolute atomic E-state index is 11.4. The highest BCUT2D eigenvalue weighted by molar-refractivity contribution is 5.78. The fourth-order valence-electron chi connectivity index (χ4n) is 2.30. The molecule has 0 bridgehead atoms. The number of amides is 1. The van der Waals surface area contributed by atoms with Crippen LogP contribution in [0.15, 0.2) is 0 Å². The van der Waals surface area contributed by atoms with Crippen LogP contribution in [0.3, 0.4) is 0 Å². The number of hydrogen-bond donors (Lipinski definition) is 2. The lowest BCUT2D eigenvalue weighted by atomic mass is 10.1. The van der Waals surface area contributed by atoms with E-state index >= 15 is 0 Å². The molecule has 0 aliphatic heterocycles. The average molecular weight is 213 g/mol. The van der Waals surface area contributed by atoms with Crippen molar-refractivity contribution in [2.45, 2.75) is 38.3 Å². The molecule has 4 nitrogen and oxygen atoms in total. The van der Waals surface area contributed by atoms with Crippen molar-refractivity contribution in [3.63, 3.8) is 0 Å². The third kappa shape index (κ3) is 3.47. The van der Waals surface area contributed by atoms with Crippen molar-refractivity contribution in [1.29, 1.82) is 0 Å². The molecule has 88 valence electrons. The number of nitrogens with two attached hydrogens (primary N) is 1. The quantitative estimate of drug-likeness (QED) is 0.700. The van der Waals surface area contributed by atoms with E-state index in [2.05, 4.69) is 17.3 Å². The molecular formula is C11H23N3O. The van der Waals surface area contributed by atoms with Gasteiger partial charge < -0.3 is 16.0 Å². The number of hydrogen-bond acceptors (Lipinski definition) is 3. The van der Waals surface area contributed by atoms with Gasteiger partial charge in [0.2, 0.25) is 5.91 Å². The molecule has 0 heterocycles. The summed E-state index contributed by atoms with van der Waals surface area (Å²) in [6.07, 6.45) is 3.35. The van der Waals surface area contributed by atoms with Gasteiger partial charge in [0, 0.05) is 31.6 Å². The van der Waals surface area contributed by atoms with Crippen LogP contribution in [0.2, 0.25) is 0 Å². The van der Waals surface area contributed by atoms with E-state index in [1.54, 1.807) is 7.05 Å². The first kappa shape index (κ1) is 12.5. The molecule has 1 amide bonds. The van der Waals surface area contributed by atoms with Gasteiger partial charge in [-0.2, -0.15) is 0 Å². The zero-order valence-electron chi connectivity index (χ0n) is 9.99. The number of nitrogens with one attached hydrogen (secondary N) is 1. The van der Waals surface area contributed by atoms with Crippen molar-refractivity contribution >= 4 is 5.91 Å². The van der Waals surface area contributed by atoms with E-state index in [1.165, 1.54) is 0 Å².